The van der Waals surface area contributed by atoms with E-state index >= 15 is 0 Å². The number of piperazine rings is 1. The van der Waals surface area contributed by atoms with E-state index in [1.807, 2.05) is 37.3 Å². The molecule has 0 amide bonds. The van der Waals surface area contributed by atoms with Gasteiger partial charge < -0.3 is 9.52 Å². The minimum Gasteiger partial charge on any atom is -0.444 e. The molecular formula is C17H23N3O2. The Balaban J connectivity index is 1.54. The van der Waals surface area contributed by atoms with E-state index in [4.69, 9.17) is 4.42 Å². The number of aliphatic hydroxyl groups excluding tert-OH is 1. The van der Waals surface area contributed by atoms with Gasteiger partial charge in [-0.3, -0.25) is 9.80 Å². The smallest absolute Gasteiger partial charge is 0.226 e. The second-order valence-corrected chi connectivity index (χ2v) is 5.94. The van der Waals surface area contributed by atoms with Crippen molar-refractivity contribution in [1.29, 1.82) is 0 Å². The van der Waals surface area contributed by atoms with Crippen molar-refractivity contribution in [1.82, 2.24) is 14.8 Å². The number of β-amino-alcohol motifs (C(OH)–C–C–N with tert-alkyl or cyclic N) is 1. The average Bonchev–Trinajstić information content (AvgIpc) is 2.98. The minimum absolute atomic E-state index is 0.254. The summed E-state index contributed by atoms with van der Waals surface area (Å²) < 4.78 is 5.58. The van der Waals surface area contributed by atoms with Crippen LogP contribution >= 0.6 is 0 Å². The van der Waals surface area contributed by atoms with Crippen molar-refractivity contribution in [3.05, 3.63) is 42.3 Å². The number of rotatable bonds is 5. The minimum atomic E-state index is -0.254. The van der Waals surface area contributed by atoms with Gasteiger partial charge in [0.05, 0.1) is 11.8 Å². The van der Waals surface area contributed by atoms with E-state index in [9.17, 15) is 5.11 Å². The Hall–Kier alpha value is -1.69. The third kappa shape index (κ3) is 3.94. The largest absolute Gasteiger partial charge is 0.444 e. The van der Waals surface area contributed by atoms with E-state index in [0.29, 0.717) is 5.89 Å². The zero-order chi connectivity index (χ0) is 15.4. The molecule has 1 aliphatic heterocycles. The van der Waals surface area contributed by atoms with Gasteiger partial charge in [0.15, 0.2) is 0 Å². The van der Waals surface area contributed by atoms with Gasteiger partial charge in [-0.25, -0.2) is 4.98 Å². The molecule has 3 rings (SSSR count). The molecule has 22 heavy (non-hydrogen) atoms. The molecule has 5 nitrogen and oxygen atoms in total. The fourth-order valence-corrected chi connectivity index (χ4v) is 2.83. The topological polar surface area (TPSA) is 52.7 Å². The summed E-state index contributed by atoms with van der Waals surface area (Å²) in [6, 6.07) is 9.97. The molecule has 118 valence electrons. The number of hydrogen-bond donors (Lipinski definition) is 1. The summed E-state index contributed by atoms with van der Waals surface area (Å²) in [7, 11) is 0. The Morgan fingerprint density at radius 3 is 2.50 bits per heavy atom. The maximum absolute atomic E-state index is 9.44. The van der Waals surface area contributed by atoms with Crippen molar-refractivity contribution in [2.75, 3.05) is 32.7 Å². The highest BCUT2D eigenvalue weighted by molar-refractivity contribution is 5.52. The third-order valence-corrected chi connectivity index (χ3v) is 3.95. The van der Waals surface area contributed by atoms with Gasteiger partial charge in [0.1, 0.15) is 6.26 Å². The predicted octanol–water partition coefficient (Wildman–Crippen LogP) is 1.84. The van der Waals surface area contributed by atoms with Crippen LogP contribution in [0.15, 0.2) is 41.0 Å². The predicted molar refractivity (Wildman–Crippen MR) is 85.3 cm³/mol. The quantitative estimate of drug-likeness (QED) is 0.913. The molecule has 0 saturated carbocycles. The van der Waals surface area contributed by atoms with Crippen molar-refractivity contribution in [3.8, 4) is 11.5 Å². The molecule has 0 radical (unpaired) electrons. The van der Waals surface area contributed by atoms with Crippen LogP contribution in [0.4, 0.5) is 0 Å². The molecule has 2 aromatic rings. The summed E-state index contributed by atoms with van der Waals surface area (Å²) in [5, 5.41) is 9.44. The number of benzene rings is 1. The van der Waals surface area contributed by atoms with Crippen molar-refractivity contribution >= 4 is 0 Å². The highest BCUT2D eigenvalue weighted by Crippen LogP contribution is 2.19. The Morgan fingerprint density at radius 1 is 1.14 bits per heavy atom. The molecular weight excluding hydrogens is 278 g/mol. The van der Waals surface area contributed by atoms with Gasteiger partial charge in [-0.05, 0) is 19.1 Å². The first-order valence-corrected chi connectivity index (χ1v) is 7.83. The van der Waals surface area contributed by atoms with E-state index in [1.165, 1.54) is 0 Å². The highest BCUT2D eigenvalue weighted by Gasteiger charge is 2.19. The standard InChI is InChI=1S/C17H23N3O2/c1-14(21)11-19-7-9-20(10-8-19)12-16-13-22-17(18-16)15-5-3-2-4-6-15/h2-6,13-14,21H,7-12H2,1H3/t14-/m1/s1. The van der Waals surface area contributed by atoms with E-state index in [2.05, 4.69) is 14.8 Å². The molecule has 1 aromatic heterocycles. The average molecular weight is 301 g/mol. The van der Waals surface area contributed by atoms with E-state index < -0.39 is 0 Å². The fourth-order valence-electron chi connectivity index (χ4n) is 2.83. The monoisotopic (exact) mass is 301 g/mol. The first-order chi connectivity index (χ1) is 10.7. The summed E-state index contributed by atoms with van der Waals surface area (Å²) in [4.78, 5) is 9.27. The van der Waals surface area contributed by atoms with Gasteiger partial charge in [-0.1, -0.05) is 18.2 Å². The maximum atomic E-state index is 9.44. The van der Waals surface area contributed by atoms with Crippen LogP contribution in [0, 0.1) is 0 Å². The van der Waals surface area contributed by atoms with E-state index in [1.54, 1.807) is 6.26 Å². The number of oxazole rings is 1. The molecule has 1 saturated heterocycles. The lowest BCUT2D eigenvalue weighted by molar-refractivity contribution is 0.0776. The maximum Gasteiger partial charge on any atom is 0.226 e. The summed E-state index contributed by atoms with van der Waals surface area (Å²) >= 11 is 0. The third-order valence-electron chi connectivity index (χ3n) is 3.95. The van der Waals surface area contributed by atoms with Crippen LogP contribution in [0.25, 0.3) is 11.5 Å². The van der Waals surface area contributed by atoms with E-state index in [0.717, 1.165) is 50.5 Å². The van der Waals surface area contributed by atoms with Crippen LogP contribution in [-0.2, 0) is 6.54 Å². The molecule has 5 heteroatoms. The van der Waals surface area contributed by atoms with Gasteiger partial charge >= 0.3 is 0 Å². The summed E-state index contributed by atoms with van der Waals surface area (Å²) in [5.74, 6) is 0.684. The molecule has 0 unspecified atom stereocenters. The summed E-state index contributed by atoms with van der Waals surface area (Å²) in [6.45, 7) is 7.41. The molecule has 1 N–H and O–H groups in total. The second-order valence-electron chi connectivity index (χ2n) is 5.94. The zero-order valence-electron chi connectivity index (χ0n) is 13.0. The first-order valence-electron chi connectivity index (χ1n) is 7.83. The Labute approximate surface area is 131 Å². The number of hydrogen-bond acceptors (Lipinski definition) is 5. The lowest BCUT2D eigenvalue weighted by atomic mass is 10.2. The Morgan fingerprint density at radius 2 is 1.82 bits per heavy atom. The Kier molecular flexibility index (Phi) is 4.87. The van der Waals surface area contributed by atoms with Crippen LogP contribution in [-0.4, -0.2) is 58.7 Å². The number of aromatic nitrogens is 1. The van der Waals surface area contributed by atoms with Gasteiger partial charge in [0.2, 0.25) is 5.89 Å². The van der Waals surface area contributed by atoms with Crippen LogP contribution < -0.4 is 0 Å². The first kappa shape index (κ1) is 15.2. The zero-order valence-corrected chi connectivity index (χ0v) is 13.0. The second kappa shape index (κ2) is 7.05. The highest BCUT2D eigenvalue weighted by atomic mass is 16.3. The van der Waals surface area contributed by atoms with Crippen molar-refractivity contribution in [2.45, 2.75) is 19.6 Å². The summed E-state index contributed by atoms with van der Waals surface area (Å²) in [5.41, 5.74) is 1.98. The molecule has 1 fully saturated rings. The van der Waals surface area contributed by atoms with Crippen molar-refractivity contribution < 1.29 is 9.52 Å². The SMILES string of the molecule is C[C@@H](O)CN1CCN(Cc2coc(-c3ccccc3)n2)CC1. The molecule has 0 bridgehead atoms. The van der Waals surface area contributed by atoms with E-state index in [-0.39, 0.29) is 6.10 Å². The molecule has 0 aliphatic carbocycles. The molecule has 0 spiro atoms. The Bertz CT molecular complexity index is 575. The molecule has 1 aliphatic rings. The molecule has 1 atom stereocenters. The lowest BCUT2D eigenvalue weighted by Crippen LogP contribution is -2.47. The number of nitrogens with zero attached hydrogens (tertiary/aromatic N) is 3. The fraction of sp³-hybridized carbons (Fsp3) is 0.471. The number of aliphatic hydroxyl groups is 1. The molecule has 1 aromatic carbocycles. The normalized spacial score (nSPS) is 18.5. The van der Waals surface area contributed by atoms with Crippen molar-refractivity contribution in [3.63, 3.8) is 0 Å². The van der Waals surface area contributed by atoms with Crippen LogP contribution in [0.1, 0.15) is 12.6 Å². The molecule has 2 heterocycles. The lowest BCUT2D eigenvalue weighted by Gasteiger charge is -2.34. The van der Waals surface area contributed by atoms with Crippen LogP contribution in [0.2, 0.25) is 0 Å². The van der Waals surface area contributed by atoms with Crippen molar-refractivity contribution in [2.24, 2.45) is 0 Å². The van der Waals surface area contributed by atoms with Gasteiger partial charge in [0.25, 0.3) is 0 Å². The van der Waals surface area contributed by atoms with Gasteiger partial charge in [-0.2, -0.15) is 0 Å². The van der Waals surface area contributed by atoms with Crippen LogP contribution in [0.5, 0.6) is 0 Å². The summed E-state index contributed by atoms with van der Waals surface area (Å²) in [6.07, 6.45) is 1.50. The van der Waals surface area contributed by atoms with Crippen LogP contribution in [0.3, 0.4) is 0 Å². The van der Waals surface area contributed by atoms with Gasteiger partial charge in [0, 0.05) is 44.8 Å². The van der Waals surface area contributed by atoms with Gasteiger partial charge in [-0.15, -0.1) is 0 Å².